The minimum Gasteiger partial charge on any atom is -0.495 e. The van der Waals surface area contributed by atoms with Gasteiger partial charge in [0.05, 0.1) is 24.7 Å². The molecule has 1 saturated heterocycles. The quantitative estimate of drug-likeness (QED) is 0.655. The first kappa shape index (κ1) is 20.0. The van der Waals surface area contributed by atoms with Crippen molar-refractivity contribution >= 4 is 39.1 Å². The zero-order valence-corrected chi connectivity index (χ0v) is 17.4. The van der Waals surface area contributed by atoms with Crippen LogP contribution in [0.15, 0.2) is 34.7 Å². The van der Waals surface area contributed by atoms with E-state index >= 15 is 0 Å². The number of amides is 2. The number of nitrogens with zero attached hydrogens (tertiary/aromatic N) is 3. The third-order valence-electron chi connectivity index (χ3n) is 5.09. The van der Waals surface area contributed by atoms with Crippen LogP contribution in [0.1, 0.15) is 20.7 Å². The molecule has 0 radical (unpaired) electrons. The predicted molar refractivity (Wildman–Crippen MR) is 115 cm³/mol. The summed E-state index contributed by atoms with van der Waals surface area (Å²) in [6.45, 7) is 3.02. The average Bonchev–Trinajstić information content (AvgIpc) is 3.20. The lowest BCUT2D eigenvalue weighted by Crippen LogP contribution is -2.47. The van der Waals surface area contributed by atoms with Crippen molar-refractivity contribution in [2.45, 2.75) is 0 Å². The van der Waals surface area contributed by atoms with Crippen LogP contribution in [-0.2, 0) is 0 Å². The Morgan fingerprint density at radius 1 is 1.23 bits per heavy atom. The first-order chi connectivity index (χ1) is 14.5. The van der Waals surface area contributed by atoms with Gasteiger partial charge in [0.15, 0.2) is 0 Å². The molecule has 156 valence electrons. The molecule has 2 aromatic heterocycles. The first-order valence-electron chi connectivity index (χ1n) is 9.40. The Morgan fingerprint density at radius 3 is 2.73 bits per heavy atom. The number of likely N-dealkylation sites (N-methyl/N-ethyl adjacent to an activating group) is 1. The zero-order chi connectivity index (χ0) is 21.3. The molecule has 0 unspecified atom stereocenters. The van der Waals surface area contributed by atoms with Crippen molar-refractivity contribution in [2.24, 2.45) is 0 Å². The molecular weight excluding hydrogens is 406 g/mol. The molecule has 1 aromatic carbocycles. The summed E-state index contributed by atoms with van der Waals surface area (Å²) in [4.78, 5) is 48.0. The van der Waals surface area contributed by atoms with Crippen molar-refractivity contribution in [3.05, 3.63) is 51.4 Å². The highest BCUT2D eigenvalue weighted by atomic mass is 32.1. The number of hydrogen-bond donors (Lipinski definition) is 2. The van der Waals surface area contributed by atoms with E-state index in [2.05, 4.69) is 20.2 Å². The van der Waals surface area contributed by atoms with E-state index in [1.807, 2.05) is 11.9 Å². The molecule has 2 N–H and O–H groups in total. The van der Waals surface area contributed by atoms with Crippen molar-refractivity contribution in [2.75, 3.05) is 45.7 Å². The number of carbonyl (C=O) groups excluding carboxylic acids is 2. The van der Waals surface area contributed by atoms with Gasteiger partial charge in [0.25, 0.3) is 17.4 Å². The normalized spacial score (nSPS) is 14.7. The maximum Gasteiger partial charge on any atom is 0.268 e. The van der Waals surface area contributed by atoms with Crippen LogP contribution in [0.2, 0.25) is 0 Å². The zero-order valence-electron chi connectivity index (χ0n) is 16.6. The standard InChI is InChI=1S/C20H21N5O4S/c1-24-5-7-25(8-6-24)20(28)12-3-4-14(15(9-12)29-2)23-18(26)13-10-30-17-16(13)21-11-22-19(17)27/h3-4,9-11H,5-8H2,1-2H3,(H,23,26)(H,21,22,27). The van der Waals surface area contributed by atoms with Gasteiger partial charge in [0.1, 0.15) is 16.0 Å². The number of hydrogen-bond acceptors (Lipinski definition) is 7. The van der Waals surface area contributed by atoms with Crippen LogP contribution >= 0.6 is 11.3 Å². The third-order valence-corrected chi connectivity index (χ3v) is 6.06. The molecule has 0 bridgehead atoms. The fourth-order valence-electron chi connectivity index (χ4n) is 3.33. The van der Waals surface area contributed by atoms with Gasteiger partial charge in [0.2, 0.25) is 0 Å². The summed E-state index contributed by atoms with van der Waals surface area (Å²) in [5.41, 5.74) is 1.31. The lowest BCUT2D eigenvalue weighted by Gasteiger charge is -2.32. The van der Waals surface area contributed by atoms with E-state index in [-0.39, 0.29) is 11.5 Å². The van der Waals surface area contributed by atoms with Gasteiger partial charge in [-0.15, -0.1) is 11.3 Å². The van der Waals surface area contributed by atoms with E-state index in [9.17, 15) is 14.4 Å². The monoisotopic (exact) mass is 427 g/mol. The molecule has 0 spiro atoms. The number of fused-ring (bicyclic) bond motifs is 1. The second-order valence-corrected chi connectivity index (χ2v) is 7.90. The van der Waals surface area contributed by atoms with Crippen molar-refractivity contribution in [1.29, 1.82) is 0 Å². The molecule has 3 heterocycles. The number of rotatable bonds is 4. The van der Waals surface area contributed by atoms with E-state index < -0.39 is 5.91 Å². The minimum absolute atomic E-state index is 0.0634. The molecule has 0 atom stereocenters. The summed E-state index contributed by atoms with van der Waals surface area (Å²) in [6, 6.07) is 4.95. The number of thiophene rings is 1. The van der Waals surface area contributed by atoms with E-state index in [4.69, 9.17) is 4.74 Å². The molecule has 10 heteroatoms. The molecule has 4 rings (SSSR count). The Balaban J connectivity index is 1.56. The summed E-state index contributed by atoms with van der Waals surface area (Å²) in [5, 5.41) is 4.38. The summed E-state index contributed by atoms with van der Waals surface area (Å²) in [5.74, 6) is -0.0870. The first-order valence-corrected chi connectivity index (χ1v) is 10.3. The Hall–Kier alpha value is -3.24. The van der Waals surface area contributed by atoms with Crippen molar-refractivity contribution in [1.82, 2.24) is 19.8 Å². The molecule has 1 aliphatic heterocycles. The highest BCUT2D eigenvalue weighted by Gasteiger charge is 2.22. The van der Waals surface area contributed by atoms with Crippen molar-refractivity contribution in [3.63, 3.8) is 0 Å². The Kier molecular flexibility index (Phi) is 5.51. The van der Waals surface area contributed by atoms with Gasteiger partial charge in [-0.3, -0.25) is 14.4 Å². The molecule has 3 aromatic rings. The van der Waals surface area contributed by atoms with Gasteiger partial charge < -0.3 is 24.8 Å². The summed E-state index contributed by atoms with van der Waals surface area (Å²) >= 11 is 1.16. The molecule has 0 saturated carbocycles. The smallest absolute Gasteiger partial charge is 0.268 e. The van der Waals surface area contributed by atoms with Gasteiger partial charge in [-0.25, -0.2) is 4.98 Å². The van der Waals surface area contributed by atoms with Gasteiger partial charge in [0, 0.05) is 37.1 Å². The molecular formula is C20H21N5O4S. The summed E-state index contributed by atoms with van der Waals surface area (Å²) in [6.07, 6.45) is 1.27. The number of benzene rings is 1. The van der Waals surface area contributed by atoms with Crippen LogP contribution in [0, 0.1) is 0 Å². The second kappa shape index (κ2) is 8.25. The highest BCUT2D eigenvalue weighted by Crippen LogP contribution is 2.28. The van der Waals surface area contributed by atoms with Gasteiger partial charge >= 0.3 is 0 Å². The van der Waals surface area contributed by atoms with Crippen molar-refractivity contribution < 1.29 is 14.3 Å². The van der Waals surface area contributed by atoms with E-state index in [1.54, 1.807) is 23.6 Å². The number of anilines is 1. The topological polar surface area (TPSA) is 108 Å². The number of aromatic nitrogens is 2. The van der Waals surface area contributed by atoms with Gasteiger partial charge in [-0.05, 0) is 25.2 Å². The lowest BCUT2D eigenvalue weighted by atomic mass is 10.1. The Labute approximate surface area is 176 Å². The fraction of sp³-hybridized carbons (Fsp3) is 0.300. The van der Waals surface area contributed by atoms with Crippen LogP contribution in [0.4, 0.5) is 5.69 Å². The molecule has 9 nitrogen and oxygen atoms in total. The van der Waals surface area contributed by atoms with Crippen molar-refractivity contribution in [3.8, 4) is 5.75 Å². The number of aromatic amines is 1. The van der Waals surface area contributed by atoms with E-state index in [0.29, 0.717) is 45.9 Å². The molecule has 1 fully saturated rings. The molecule has 0 aliphatic carbocycles. The second-order valence-electron chi connectivity index (χ2n) is 7.02. The molecule has 30 heavy (non-hydrogen) atoms. The Bertz CT molecular complexity index is 1160. The molecule has 1 aliphatic rings. The van der Waals surface area contributed by atoms with E-state index in [1.165, 1.54) is 13.4 Å². The van der Waals surface area contributed by atoms with Gasteiger partial charge in [-0.2, -0.15) is 0 Å². The number of nitrogens with one attached hydrogen (secondary N) is 2. The fourth-order valence-corrected chi connectivity index (χ4v) is 4.23. The summed E-state index contributed by atoms with van der Waals surface area (Å²) < 4.78 is 5.80. The number of methoxy groups -OCH3 is 1. The number of ether oxygens (including phenoxy) is 1. The Morgan fingerprint density at radius 2 is 2.00 bits per heavy atom. The van der Waals surface area contributed by atoms with Crippen LogP contribution in [0.5, 0.6) is 5.75 Å². The number of H-pyrrole nitrogens is 1. The largest absolute Gasteiger partial charge is 0.495 e. The third kappa shape index (κ3) is 3.79. The van der Waals surface area contributed by atoms with Crippen LogP contribution in [-0.4, -0.2) is 71.9 Å². The predicted octanol–water partition coefficient (Wildman–Crippen LogP) is 1.63. The minimum atomic E-state index is -0.407. The number of carbonyl (C=O) groups is 2. The highest BCUT2D eigenvalue weighted by molar-refractivity contribution is 7.17. The van der Waals surface area contributed by atoms with E-state index in [0.717, 1.165) is 24.4 Å². The van der Waals surface area contributed by atoms with Crippen LogP contribution in [0.25, 0.3) is 10.2 Å². The average molecular weight is 427 g/mol. The molecule has 2 amide bonds. The SMILES string of the molecule is COc1cc(C(=O)N2CCN(C)CC2)ccc1NC(=O)c1csc2c(=O)[nH]cnc12. The summed E-state index contributed by atoms with van der Waals surface area (Å²) in [7, 11) is 3.51. The van der Waals surface area contributed by atoms with Crippen LogP contribution in [0.3, 0.4) is 0 Å². The lowest BCUT2D eigenvalue weighted by molar-refractivity contribution is 0.0663. The number of piperazine rings is 1. The van der Waals surface area contributed by atoms with Crippen LogP contribution < -0.4 is 15.6 Å². The maximum atomic E-state index is 12.8. The van der Waals surface area contributed by atoms with Gasteiger partial charge in [-0.1, -0.05) is 0 Å². The maximum absolute atomic E-state index is 12.8.